The van der Waals surface area contributed by atoms with E-state index >= 15 is 0 Å². The van der Waals surface area contributed by atoms with Crippen molar-refractivity contribution in [3.8, 4) is 0 Å². The Morgan fingerprint density at radius 3 is 2.32 bits per heavy atom. The first-order valence-corrected chi connectivity index (χ1v) is 7.52. The molecule has 1 saturated heterocycles. The van der Waals surface area contributed by atoms with E-state index in [1.807, 2.05) is 29.2 Å². The highest BCUT2D eigenvalue weighted by molar-refractivity contribution is 5.72. The van der Waals surface area contributed by atoms with Crippen molar-refractivity contribution in [2.45, 2.75) is 13.3 Å². The Morgan fingerprint density at radius 1 is 1.14 bits per heavy atom. The Labute approximate surface area is 130 Å². The number of benzene rings is 1. The average Bonchev–Trinajstić information content (AvgIpc) is 2.48. The molecule has 0 aromatic heterocycles. The number of carbonyl (C=O) groups excluding carboxylic acids is 1. The van der Waals surface area contributed by atoms with Crippen LogP contribution in [0.5, 0.6) is 0 Å². The third kappa shape index (κ3) is 4.73. The summed E-state index contributed by atoms with van der Waals surface area (Å²) >= 11 is 0. The molecule has 1 aromatic carbocycles. The number of carboxylic acids is 1. The van der Waals surface area contributed by atoms with Crippen LogP contribution in [0.1, 0.15) is 12.5 Å². The lowest BCUT2D eigenvalue weighted by Gasteiger charge is -2.35. The van der Waals surface area contributed by atoms with E-state index in [-0.39, 0.29) is 12.5 Å². The summed E-state index contributed by atoms with van der Waals surface area (Å²) in [5.41, 5.74) is 2.04. The lowest BCUT2D eigenvalue weighted by atomic mass is 10.1. The number of carboxylic acid groups (broad SMARTS) is 1. The quantitative estimate of drug-likeness (QED) is 0.791. The topological polar surface area (TPSA) is 70.1 Å². The third-order valence-electron chi connectivity index (χ3n) is 3.69. The van der Waals surface area contributed by atoms with E-state index in [2.05, 4.69) is 4.90 Å². The maximum Gasteiger partial charge on any atom is 0.317 e. The second-order valence-corrected chi connectivity index (χ2v) is 5.31. The summed E-state index contributed by atoms with van der Waals surface area (Å²) < 4.78 is 4.93. The minimum absolute atomic E-state index is 0.103. The lowest BCUT2D eigenvalue weighted by Crippen LogP contribution is -2.47. The summed E-state index contributed by atoms with van der Waals surface area (Å²) in [6.07, 6.45) is 0.292. The number of anilines is 1. The van der Waals surface area contributed by atoms with E-state index in [1.54, 1.807) is 6.92 Å². The minimum atomic E-state index is -0.781. The molecule has 2 rings (SSSR count). The molecule has 0 atom stereocenters. The van der Waals surface area contributed by atoms with Crippen LogP contribution in [-0.4, -0.2) is 61.3 Å². The van der Waals surface area contributed by atoms with Gasteiger partial charge in [-0.3, -0.25) is 14.5 Å². The number of rotatable bonds is 6. The second-order valence-electron chi connectivity index (χ2n) is 5.31. The van der Waals surface area contributed by atoms with Crippen LogP contribution in [0.2, 0.25) is 0 Å². The summed E-state index contributed by atoms with van der Waals surface area (Å²) in [5.74, 6) is -0.991. The highest BCUT2D eigenvalue weighted by Crippen LogP contribution is 2.17. The largest absolute Gasteiger partial charge is 0.480 e. The molecule has 1 heterocycles. The fourth-order valence-corrected chi connectivity index (χ4v) is 2.56. The van der Waals surface area contributed by atoms with Crippen LogP contribution in [0.15, 0.2) is 24.3 Å². The van der Waals surface area contributed by atoms with E-state index in [0.717, 1.165) is 37.4 Å². The van der Waals surface area contributed by atoms with E-state index in [0.29, 0.717) is 13.0 Å². The molecule has 1 aromatic rings. The van der Waals surface area contributed by atoms with Crippen LogP contribution in [0.4, 0.5) is 5.69 Å². The Hall–Kier alpha value is -2.08. The highest BCUT2D eigenvalue weighted by atomic mass is 16.5. The van der Waals surface area contributed by atoms with Crippen LogP contribution in [0, 0.1) is 0 Å². The average molecular weight is 306 g/mol. The first-order chi connectivity index (χ1) is 10.6. The summed E-state index contributed by atoms with van der Waals surface area (Å²) in [5, 5.41) is 8.80. The number of piperazine rings is 1. The van der Waals surface area contributed by atoms with Gasteiger partial charge in [0.1, 0.15) is 0 Å². The van der Waals surface area contributed by atoms with Crippen LogP contribution < -0.4 is 4.90 Å². The molecular formula is C16H22N2O4. The molecule has 0 unspecified atom stereocenters. The van der Waals surface area contributed by atoms with Crippen molar-refractivity contribution in [3.05, 3.63) is 29.8 Å². The molecule has 0 aliphatic carbocycles. The molecule has 6 heteroatoms. The van der Waals surface area contributed by atoms with Crippen LogP contribution in [0.25, 0.3) is 0 Å². The number of esters is 1. The molecule has 0 saturated carbocycles. The number of aliphatic carboxylic acids is 1. The molecule has 1 N–H and O–H groups in total. The van der Waals surface area contributed by atoms with Crippen molar-refractivity contribution in [1.82, 2.24) is 4.90 Å². The van der Waals surface area contributed by atoms with Gasteiger partial charge in [0.25, 0.3) is 0 Å². The van der Waals surface area contributed by atoms with Crippen LogP contribution in [0.3, 0.4) is 0 Å². The Morgan fingerprint density at radius 2 is 1.77 bits per heavy atom. The molecule has 22 heavy (non-hydrogen) atoms. The van der Waals surface area contributed by atoms with Gasteiger partial charge in [0.2, 0.25) is 0 Å². The van der Waals surface area contributed by atoms with Gasteiger partial charge in [0, 0.05) is 31.9 Å². The first-order valence-electron chi connectivity index (χ1n) is 7.52. The van der Waals surface area contributed by atoms with Gasteiger partial charge in [-0.25, -0.2) is 0 Å². The smallest absolute Gasteiger partial charge is 0.317 e. The van der Waals surface area contributed by atoms with Crippen molar-refractivity contribution >= 4 is 17.6 Å². The molecule has 0 radical (unpaired) electrons. The van der Waals surface area contributed by atoms with E-state index in [1.165, 1.54) is 0 Å². The predicted octanol–water partition coefficient (Wildman–Crippen LogP) is 0.999. The molecule has 1 fully saturated rings. The molecule has 0 amide bonds. The fourth-order valence-electron chi connectivity index (χ4n) is 2.56. The Bertz CT molecular complexity index is 507. The summed E-state index contributed by atoms with van der Waals surface area (Å²) in [7, 11) is 0. The standard InChI is InChI=1S/C16H22N2O4/c1-2-22-16(21)11-13-3-5-14(6-4-13)18-9-7-17(8-10-18)12-15(19)20/h3-6H,2,7-12H2,1H3,(H,19,20). The van der Waals surface area contributed by atoms with Crippen molar-refractivity contribution in [1.29, 1.82) is 0 Å². The van der Waals surface area contributed by atoms with Gasteiger partial charge in [-0.1, -0.05) is 12.1 Å². The van der Waals surface area contributed by atoms with Gasteiger partial charge in [0.15, 0.2) is 0 Å². The molecule has 0 bridgehead atoms. The van der Waals surface area contributed by atoms with Crippen molar-refractivity contribution < 1.29 is 19.4 Å². The SMILES string of the molecule is CCOC(=O)Cc1ccc(N2CCN(CC(=O)O)CC2)cc1. The van der Waals surface area contributed by atoms with Crippen LogP contribution in [-0.2, 0) is 20.7 Å². The number of carbonyl (C=O) groups is 2. The van der Waals surface area contributed by atoms with Gasteiger partial charge in [-0.05, 0) is 24.6 Å². The molecule has 1 aliphatic rings. The monoisotopic (exact) mass is 306 g/mol. The van der Waals surface area contributed by atoms with Gasteiger partial charge in [-0.15, -0.1) is 0 Å². The maximum absolute atomic E-state index is 11.4. The van der Waals surface area contributed by atoms with Gasteiger partial charge >= 0.3 is 11.9 Å². The van der Waals surface area contributed by atoms with Crippen molar-refractivity contribution in [2.24, 2.45) is 0 Å². The van der Waals surface area contributed by atoms with Gasteiger partial charge in [-0.2, -0.15) is 0 Å². The molecule has 1 aliphatic heterocycles. The number of hydrogen-bond donors (Lipinski definition) is 1. The predicted molar refractivity (Wildman–Crippen MR) is 83.1 cm³/mol. The lowest BCUT2D eigenvalue weighted by molar-refractivity contribution is -0.142. The van der Waals surface area contributed by atoms with Crippen molar-refractivity contribution in [2.75, 3.05) is 44.2 Å². The zero-order chi connectivity index (χ0) is 15.9. The third-order valence-corrected chi connectivity index (χ3v) is 3.69. The summed E-state index contributed by atoms with van der Waals surface area (Å²) in [6.45, 7) is 5.41. The van der Waals surface area contributed by atoms with Gasteiger partial charge in [0.05, 0.1) is 19.6 Å². The van der Waals surface area contributed by atoms with Crippen molar-refractivity contribution in [3.63, 3.8) is 0 Å². The zero-order valence-corrected chi connectivity index (χ0v) is 12.8. The maximum atomic E-state index is 11.4. The fraction of sp³-hybridized carbons (Fsp3) is 0.500. The number of hydrogen-bond acceptors (Lipinski definition) is 5. The van der Waals surface area contributed by atoms with E-state index < -0.39 is 5.97 Å². The summed E-state index contributed by atoms with van der Waals surface area (Å²) in [6, 6.07) is 7.88. The number of ether oxygens (including phenoxy) is 1. The first kappa shape index (κ1) is 16.3. The summed E-state index contributed by atoms with van der Waals surface area (Å²) in [4.78, 5) is 26.3. The molecule has 120 valence electrons. The minimum Gasteiger partial charge on any atom is -0.480 e. The molecule has 0 spiro atoms. The second kappa shape index (κ2) is 7.79. The highest BCUT2D eigenvalue weighted by Gasteiger charge is 2.18. The normalized spacial score (nSPS) is 15.6. The number of nitrogens with zero attached hydrogens (tertiary/aromatic N) is 2. The van der Waals surface area contributed by atoms with Crippen LogP contribution >= 0.6 is 0 Å². The Balaban J connectivity index is 1.86. The zero-order valence-electron chi connectivity index (χ0n) is 12.8. The van der Waals surface area contributed by atoms with E-state index in [4.69, 9.17) is 9.84 Å². The van der Waals surface area contributed by atoms with E-state index in [9.17, 15) is 9.59 Å². The molecule has 6 nitrogen and oxygen atoms in total. The Kier molecular flexibility index (Phi) is 5.77. The molecular weight excluding hydrogens is 284 g/mol. The van der Waals surface area contributed by atoms with Gasteiger partial charge < -0.3 is 14.7 Å².